The normalized spacial score (nSPS) is 41.7. The molecule has 1 nitrogen and oxygen atoms in total. The maximum absolute atomic E-state index is 10.1. The third-order valence-electron chi connectivity index (χ3n) is 8.35. The SMILES string of the molecule is CCCC[C@@H]1CC[C@@H]2CC(C3CCC(CCC)CC3)CC[C@]2(C#N)C1. The van der Waals surface area contributed by atoms with Crippen molar-refractivity contribution in [3.63, 3.8) is 0 Å². The van der Waals surface area contributed by atoms with Crippen molar-refractivity contribution in [2.75, 3.05) is 0 Å². The first-order chi connectivity index (χ1) is 12.2. The second-order valence-corrected chi connectivity index (χ2v) is 9.86. The largest absolute Gasteiger partial charge is 0.198 e. The lowest BCUT2D eigenvalue weighted by Gasteiger charge is -2.50. The van der Waals surface area contributed by atoms with E-state index in [9.17, 15) is 5.26 Å². The van der Waals surface area contributed by atoms with Gasteiger partial charge in [-0.15, -0.1) is 0 Å². The van der Waals surface area contributed by atoms with Gasteiger partial charge in [0.1, 0.15) is 0 Å². The molecule has 0 spiro atoms. The average Bonchev–Trinajstić information content (AvgIpc) is 2.66. The van der Waals surface area contributed by atoms with Gasteiger partial charge in [-0.2, -0.15) is 5.26 Å². The highest BCUT2D eigenvalue weighted by Gasteiger charge is 2.48. The molecule has 3 rings (SSSR count). The maximum atomic E-state index is 10.1. The summed E-state index contributed by atoms with van der Waals surface area (Å²) in [6, 6.07) is 2.87. The molecule has 0 saturated heterocycles. The summed E-state index contributed by atoms with van der Waals surface area (Å²) in [6.45, 7) is 4.64. The van der Waals surface area contributed by atoms with Gasteiger partial charge >= 0.3 is 0 Å². The summed E-state index contributed by atoms with van der Waals surface area (Å²) in [5, 5.41) is 10.1. The van der Waals surface area contributed by atoms with Gasteiger partial charge in [0, 0.05) is 0 Å². The molecule has 0 aromatic carbocycles. The van der Waals surface area contributed by atoms with Gasteiger partial charge in [0.15, 0.2) is 0 Å². The molecule has 3 saturated carbocycles. The van der Waals surface area contributed by atoms with Gasteiger partial charge in [-0.25, -0.2) is 0 Å². The molecule has 0 heterocycles. The third-order valence-corrected chi connectivity index (χ3v) is 8.35. The van der Waals surface area contributed by atoms with Crippen LogP contribution >= 0.6 is 0 Å². The molecule has 1 unspecified atom stereocenters. The second kappa shape index (κ2) is 8.92. The number of nitrogens with zero attached hydrogens (tertiary/aromatic N) is 1. The van der Waals surface area contributed by atoms with Crippen LogP contribution in [0, 0.1) is 46.3 Å². The second-order valence-electron chi connectivity index (χ2n) is 9.86. The third kappa shape index (κ3) is 4.43. The van der Waals surface area contributed by atoms with Crippen LogP contribution in [-0.2, 0) is 0 Å². The summed E-state index contributed by atoms with van der Waals surface area (Å²) in [5.74, 6) is 4.53. The summed E-state index contributed by atoms with van der Waals surface area (Å²) in [7, 11) is 0. The fourth-order valence-corrected chi connectivity index (χ4v) is 6.79. The van der Waals surface area contributed by atoms with Crippen LogP contribution < -0.4 is 0 Å². The molecule has 0 amide bonds. The molecule has 0 radical (unpaired) electrons. The number of nitriles is 1. The van der Waals surface area contributed by atoms with Gasteiger partial charge in [-0.3, -0.25) is 0 Å². The lowest BCUT2D eigenvalue weighted by atomic mass is 9.53. The van der Waals surface area contributed by atoms with Crippen LogP contribution in [0.4, 0.5) is 0 Å². The highest BCUT2D eigenvalue weighted by molar-refractivity contribution is 5.09. The molecule has 25 heavy (non-hydrogen) atoms. The molecular weight excluding hydrogens is 302 g/mol. The molecule has 0 aliphatic heterocycles. The number of rotatable bonds is 6. The zero-order valence-corrected chi connectivity index (χ0v) is 16.9. The van der Waals surface area contributed by atoms with E-state index in [2.05, 4.69) is 19.9 Å². The fourth-order valence-electron chi connectivity index (χ4n) is 6.79. The summed E-state index contributed by atoms with van der Waals surface area (Å²) < 4.78 is 0. The molecule has 0 bridgehead atoms. The zero-order chi connectivity index (χ0) is 17.7. The van der Waals surface area contributed by atoms with Crippen molar-refractivity contribution in [3.8, 4) is 6.07 Å². The molecule has 0 N–H and O–H groups in total. The van der Waals surface area contributed by atoms with Gasteiger partial charge in [0.05, 0.1) is 11.5 Å². The van der Waals surface area contributed by atoms with Crippen molar-refractivity contribution in [1.82, 2.24) is 0 Å². The van der Waals surface area contributed by atoms with Crippen molar-refractivity contribution in [1.29, 1.82) is 5.26 Å². The number of hydrogen-bond acceptors (Lipinski definition) is 1. The quantitative estimate of drug-likeness (QED) is 0.489. The predicted octanol–water partition coefficient (Wildman–Crippen LogP) is 7.51. The minimum atomic E-state index is 0.0621. The Bertz CT molecular complexity index is 442. The Labute approximate surface area is 157 Å². The predicted molar refractivity (Wildman–Crippen MR) is 106 cm³/mol. The molecule has 0 aromatic rings. The van der Waals surface area contributed by atoms with E-state index in [4.69, 9.17) is 0 Å². The van der Waals surface area contributed by atoms with Crippen molar-refractivity contribution in [3.05, 3.63) is 0 Å². The first-order valence-corrected chi connectivity index (χ1v) is 11.6. The minimum absolute atomic E-state index is 0.0621. The molecular formula is C24H41N. The van der Waals surface area contributed by atoms with E-state index >= 15 is 0 Å². The Balaban J connectivity index is 1.54. The standard InChI is InChI=1S/C24H41N/c1-3-5-7-20-10-13-23-16-22(14-15-24(23,17-20)18-25)21-11-8-19(6-4-2)9-12-21/h19-23H,3-17H2,1-2H3/t19?,20-,21?,22?,23-,24-/m1/s1. The Kier molecular flexibility index (Phi) is 6.87. The van der Waals surface area contributed by atoms with Crippen LogP contribution in [0.15, 0.2) is 0 Å². The summed E-state index contributed by atoms with van der Waals surface area (Å²) in [5.41, 5.74) is 0.0621. The highest BCUT2D eigenvalue weighted by Crippen LogP contribution is 2.56. The molecule has 4 atom stereocenters. The Hall–Kier alpha value is -0.510. The Morgan fingerprint density at radius 3 is 2.28 bits per heavy atom. The van der Waals surface area contributed by atoms with Gasteiger partial charge in [-0.05, 0) is 74.5 Å². The van der Waals surface area contributed by atoms with Crippen molar-refractivity contribution in [2.45, 2.75) is 110 Å². The van der Waals surface area contributed by atoms with Gasteiger partial charge in [0.25, 0.3) is 0 Å². The molecule has 3 fully saturated rings. The van der Waals surface area contributed by atoms with Crippen molar-refractivity contribution in [2.24, 2.45) is 35.0 Å². The average molecular weight is 344 g/mol. The number of unbranched alkanes of at least 4 members (excludes halogenated alkanes) is 1. The first kappa shape index (κ1) is 19.3. The summed E-state index contributed by atoms with van der Waals surface area (Å²) in [6.07, 6.45) is 20.8. The van der Waals surface area contributed by atoms with Crippen LogP contribution in [-0.4, -0.2) is 0 Å². The van der Waals surface area contributed by atoms with E-state index < -0.39 is 0 Å². The molecule has 3 aliphatic rings. The van der Waals surface area contributed by atoms with Gasteiger partial charge in [0.2, 0.25) is 0 Å². The van der Waals surface area contributed by atoms with E-state index in [0.29, 0.717) is 0 Å². The smallest absolute Gasteiger partial charge is 0.0692 e. The molecule has 3 aliphatic carbocycles. The minimum Gasteiger partial charge on any atom is -0.198 e. The van der Waals surface area contributed by atoms with Gasteiger partial charge in [-0.1, -0.05) is 65.2 Å². The number of hydrogen-bond donors (Lipinski definition) is 0. The molecule has 142 valence electrons. The van der Waals surface area contributed by atoms with Crippen LogP contribution in [0.3, 0.4) is 0 Å². The maximum Gasteiger partial charge on any atom is 0.0692 e. The Morgan fingerprint density at radius 1 is 0.840 bits per heavy atom. The first-order valence-electron chi connectivity index (χ1n) is 11.6. The van der Waals surface area contributed by atoms with Crippen molar-refractivity contribution >= 4 is 0 Å². The van der Waals surface area contributed by atoms with E-state index in [1.54, 1.807) is 0 Å². The van der Waals surface area contributed by atoms with Crippen molar-refractivity contribution < 1.29 is 0 Å². The van der Waals surface area contributed by atoms with Crippen LogP contribution in [0.1, 0.15) is 110 Å². The van der Waals surface area contributed by atoms with E-state index in [0.717, 1.165) is 29.6 Å². The zero-order valence-electron chi connectivity index (χ0n) is 16.9. The van der Waals surface area contributed by atoms with Crippen LogP contribution in [0.2, 0.25) is 0 Å². The molecule has 0 aromatic heterocycles. The van der Waals surface area contributed by atoms with E-state index in [-0.39, 0.29) is 5.41 Å². The van der Waals surface area contributed by atoms with Crippen LogP contribution in [0.5, 0.6) is 0 Å². The monoisotopic (exact) mass is 343 g/mol. The highest BCUT2D eigenvalue weighted by atomic mass is 14.5. The number of fused-ring (bicyclic) bond motifs is 1. The van der Waals surface area contributed by atoms with Gasteiger partial charge < -0.3 is 0 Å². The topological polar surface area (TPSA) is 23.8 Å². The summed E-state index contributed by atoms with van der Waals surface area (Å²) in [4.78, 5) is 0. The fraction of sp³-hybridized carbons (Fsp3) is 0.958. The summed E-state index contributed by atoms with van der Waals surface area (Å²) >= 11 is 0. The molecule has 1 heteroatoms. The van der Waals surface area contributed by atoms with E-state index in [1.807, 2.05) is 0 Å². The lowest BCUT2D eigenvalue weighted by Crippen LogP contribution is -2.42. The lowest BCUT2D eigenvalue weighted by molar-refractivity contribution is 0.0147. The Morgan fingerprint density at radius 2 is 1.60 bits per heavy atom. The van der Waals surface area contributed by atoms with Crippen LogP contribution in [0.25, 0.3) is 0 Å². The van der Waals surface area contributed by atoms with E-state index in [1.165, 1.54) is 96.3 Å².